The second kappa shape index (κ2) is 19.2. The maximum Gasteiger partial charge on any atom is -0.0176 e. The molecule has 0 amide bonds. The van der Waals surface area contributed by atoms with Crippen molar-refractivity contribution in [1.29, 1.82) is 0 Å². The Labute approximate surface area is 237 Å². The highest BCUT2D eigenvalue weighted by atomic mass is 31.0. The fourth-order valence-electron chi connectivity index (χ4n) is 6.13. The van der Waals surface area contributed by atoms with E-state index in [1.807, 2.05) is 0 Å². The topological polar surface area (TPSA) is 0 Å². The van der Waals surface area contributed by atoms with Crippen LogP contribution in [0.4, 0.5) is 0 Å². The second-order valence-corrected chi connectivity index (χ2v) is 12.2. The van der Waals surface area contributed by atoms with Crippen molar-refractivity contribution in [2.45, 2.75) is 109 Å². The van der Waals surface area contributed by atoms with Crippen molar-refractivity contribution in [3.05, 3.63) is 108 Å². The van der Waals surface area contributed by atoms with Crippen LogP contribution in [-0.4, -0.2) is 6.16 Å². The van der Waals surface area contributed by atoms with Crippen LogP contribution < -0.4 is 0 Å². The average molecular weight is 529 g/mol. The lowest BCUT2D eigenvalue weighted by molar-refractivity contribution is 0.243. The van der Waals surface area contributed by atoms with Gasteiger partial charge in [-0.1, -0.05) is 168 Å². The van der Waals surface area contributed by atoms with Gasteiger partial charge in [0.1, 0.15) is 0 Å². The summed E-state index contributed by atoms with van der Waals surface area (Å²) in [4.78, 5) is 0. The van der Waals surface area contributed by atoms with E-state index in [2.05, 4.69) is 100 Å². The van der Waals surface area contributed by atoms with Crippen LogP contribution >= 0.6 is 9.24 Å². The first kappa shape index (κ1) is 30.6. The molecule has 0 aliphatic carbocycles. The third-order valence-corrected chi connectivity index (χ3v) is 8.59. The molecule has 0 saturated carbocycles. The zero-order valence-corrected chi connectivity index (χ0v) is 25.1. The summed E-state index contributed by atoms with van der Waals surface area (Å²) in [5.41, 5.74) is 4.68. The van der Waals surface area contributed by atoms with Gasteiger partial charge in [0.2, 0.25) is 0 Å². The minimum absolute atomic E-state index is 0.250. The van der Waals surface area contributed by atoms with E-state index in [1.54, 1.807) is 0 Å². The average Bonchev–Trinajstić information content (AvgIpc) is 2.95. The van der Waals surface area contributed by atoms with E-state index in [4.69, 9.17) is 0 Å². The molecular formula is C37H53P. The van der Waals surface area contributed by atoms with E-state index in [0.717, 1.165) is 19.3 Å². The van der Waals surface area contributed by atoms with Gasteiger partial charge < -0.3 is 0 Å². The van der Waals surface area contributed by atoms with Crippen LogP contribution in [0.3, 0.4) is 0 Å². The fourth-order valence-corrected chi connectivity index (χ4v) is 6.42. The molecule has 0 spiro atoms. The summed E-state index contributed by atoms with van der Waals surface area (Å²) in [5.74, 6) is 0. The van der Waals surface area contributed by atoms with Crippen LogP contribution in [0.1, 0.15) is 107 Å². The molecule has 3 rings (SSSR count). The Morgan fingerprint density at radius 1 is 0.368 bits per heavy atom. The standard InChI is InChI=1S/C37H53P/c38-30-22-11-9-7-5-3-1-2-4-6-8-10-21-29-37(31-34-23-15-12-16-24-34,32-35-25-17-13-18-26-35)33-36-27-19-14-20-28-36/h12-20,23-28H,1-11,21-22,29-33,38H2. The van der Waals surface area contributed by atoms with Crippen LogP contribution in [-0.2, 0) is 19.3 Å². The largest absolute Gasteiger partial charge is 0.138 e. The predicted molar refractivity (Wildman–Crippen MR) is 172 cm³/mol. The third-order valence-electron chi connectivity index (χ3n) is 8.18. The molecule has 206 valence electrons. The summed E-state index contributed by atoms with van der Waals surface area (Å²) in [7, 11) is 2.85. The monoisotopic (exact) mass is 528 g/mol. The molecule has 0 radical (unpaired) electrons. The van der Waals surface area contributed by atoms with Crippen molar-refractivity contribution in [3.63, 3.8) is 0 Å². The first-order chi connectivity index (χ1) is 18.8. The van der Waals surface area contributed by atoms with Gasteiger partial charge in [-0.05, 0) is 60.4 Å². The molecule has 0 N–H and O–H groups in total. The van der Waals surface area contributed by atoms with E-state index in [9.17, 15) is 0 Å². The normalized spacial score (nSPS) is 11.6. The van der Waals surface area contributed by atoms with Crippen LogP contribution in [0.2, 0.25) is 0 Å². The first-order valence-electron chi connectivity index (χ1n) is 15.6. The van der Waals surface area contributed by atoms with E-state index in [0.29, 0.717) is 0 Å². The van der Waals surface area contributed by atoms with E-state index >= 15 is 0 Å². The Morgan fingerprint density at radius 3 is 0.974 bits per heavy atom. The smallest absolute Gasteiger partial charge is 0.0176 e. The van der Waals surface area contributed by atoms with Crippen molar-refractivity contribution in [1.82, 2.24) is 0 Å². The molecule has 0 aliphatic rings. The van der Waals surface area contributed by atoms with Gasteiger partial charge in [0.25, 0.3) is 0 Å². The highest BCUT2D eigenvalue weighted by molar-refractivity contribution is 7.16. The van der Waals surface area contributed by atoms with E-state index < -0.39 is 0 Å². The maximum atomic E-state index is 2.85. The summed E-state index contributed by atoms with van der Waals surface area (Å²) in [6, 6.07) is 33.6. The Balaban J connectivity index is 1.49. The van der Waals surface area contributed by atoms with Gasteiger partial charge in [-0.25, -0.2) is 0 Å². The van der Waals surface area contributed by atoms with Crippen molar-refractivity contribution < 1.29 is 0 Å². The number of rotatable bonds is 21. The Kier molecular flexibility index (Phi) is 15.5. The van der Waals surface area contributed by atoms with Gasteiger partial charge in [0, 0.05) is 0 Å². The van der Waals surface area contributed by atoms with Crippen LogP contribution in [0.5, 0.6) is 0 Å². The molecule has 1 unspecified atom stereocenters. The summed E-state index contributed by atoms with van der Waals surface area (Å²) < 4.78 is 0. The molecule has 1 heteroatoms. The molecule has 0 bridgehead atoms. The van der Waals surface area contributed by atoms with E-state index in [1.165, 1.54) is 113 Å². The zero-order chi connectivity index (χ0) is 26.6. The molecule has 0 fully saturated rings. The summed E-state index contributed by atoms with van der Waals surface area (Å²) in [6.07, 6.45) is 24.4. The molecule has 0 aromatic heterocycles. The van der Waals surface area contributed by atoms with Crippen molar-refractivity contribution in [2.75, 3.05) is 6.16 Å². The lowest BCUT2D eigenvalue weighted by Gasteiger charge is -2.35. The predicted octanol–water partition coefficient (Wildman–Crippen LogP) is 11.0. The van der Waals surface area contributed by atoms with Gasteiger partial charge >= 0.3 is 0 Å². The van der Waals surface area contributed by atoms with Crippen LogP contribution in [0.15, 0.2) is 91.0 Å². The quantitative estimate of drug-likeness (QED) is 0.0952. The summed E-state index contributed by atoms with van der Waals surface area (Å²) in [6.45, 7) is 0. The number of hydrogen-bond acceptors (Lipinski definition) is 0. The van der Waals surface area contributed by atoms with Gasteiger partial charge in [-0.3, -0.25) is 0 Å². The zero-order valence-electron chi connectivity index (χ0n) is 24.0. The first-order valence-corrected chi connectivity index (χ1v) is 16.4. The second-order valence-electron chi connectivity index (χ2n) is 11.6. The highest BCUT2D eigenvalue weighted by Gasteiger charge is 2.30. The third kappa shape index (κ3) is 12.8. The highest BCUT2D eigenvalue weighted by Crippen LogP contribution is 2.37. The van der Waals surface area contributed by atoms with Gasteiger partial charge in [0.05, 0.1) is 0 Å². The van der Waals surface area contributed by atoms with Crippen molar-refractivity contribution >= 4 is 9.24 Å². The number of benzene rings is 3. The molecule has 1 atom stereocenters. The van der Waals surface area contributed by atoms with Crippen molar-refractivity contribution in [3.8, 4) is 0 Å². The summed E-state index contributed by atoms with van der Waals surface area (Å²) >= 11 is 0. The molecule has 0 nitrogen and oxygen atoms in total. The summed E-state index contributed by atoms with van der Waals surface area (Å²) in [5, 5.41) is 0. The molecule has 38 heavy (non-hydrogen) atoms. The Morgan fingerprint density at radius 2 is 0.658 bits per heavy atom. The van der Waals surface area contributed by atoms with Gasteiger partial charge in [-0.2, -0.15) is 0 Å². The van der Waals surface area contributed by atoms with Gasteiger partial charge in [0.15, 0.2) is 0 Å². The molecular weight excluding hydrogens is 475 g/mol. The van der Waals surface area contributed by atoms with Crippen LogP contribution in [0, 0.1) is 5.41 Å². The van der Waals surface area contributed by atoms with Crippen LogP contribution in [0.25, 0.3) is 0 Å². The fraction of sp³-hybridized carbons (Fsp3) is 0.514. The molecule has 0 saturated heterocycles. The molecule has 3 aromatic rings. The minimum atomic E-state index is 0.250. The number of hydrogen-bond donors (Lipinski definition) is 0. The Hall–Kier alpha value is -1.91. The molecule has 0 heterocycles. The Bertz CT molecular complexity index is 833. The number of unbranched alkanes of at least 4 members (excludes halogenated alkanes) is 12. The SMILES string of the molecule is PCCCCCCCCCCCCCCCC(Cc1ccccc1)(Cc1ccccc1)Cc1ccccc1. The van der Waals surface area contributed by atoms with E-state index in [-0.39, 0.29) is 5.41 Å². The lowest BCUT2D eigenvalue weighted by atomic mass is 9.69. The molecule has 3 aromatic carbocycles. The van der Waals surface area contributed by atoms with Gasteiger partial charge in [-0.15, -0.1) is 9.24 Å². The minimum Gasteiger partial charge on any atom is -0.138 e. The molecule has 0 aliphatic heterocycles. The lowest BCUT2D eigenvalue weighted by Crippen LogP contribution is -2.30. The maximum absolute atomic E-state index is 2.85. The van der Waals surface area contributed by atoms with Crippen molar-refractivity contribution in [2.24, 2.45) is 5.41 Å².